The molecule has 0 bridgehead atoms. The van der Waals surface area contributed by atoms with Gasteiger partial charge in [-0.15, -0.1) is 0 Å². The molecular formula is C20H25F3N4O. The largest absolute Gasteiger partial charge is 0.342 e. The second kappa shape index (κ2) is 8.77. The standard InChI is InChI=1S/C20H25F3N4O/c1-25(2)10-11-26-9-7-24-20(26)15-4-3-8-27(13-15)17(28)12-14-5-6-16(21)19(23)18(14)22/h5-7,9,15H,3-4,8,10-13H2,1-2H3. The summed E-state index contributed by atoms with van der Waals surface area (Å²) in [6.45, 7) is 2.75. The van der Waals surface area contributed by atoms with E-state index in [0.29, 0.717) is 13.1 Å². The van der Waals surface area contributed by atoms with Gasteiger partial charge in [0, 0.05) is 50.1 Å². The monoisotopic (exact) mass is 394 g/mol. The number of aromatic nitrogens is 2. The van der Waals surface area contributed by atoms with Crippen molar-refractivity contribution in [3.63, 3.8) is 0 Å². The number of nitrogens with zero attached hydrogens (tertiary/aromatic N) is 4. The molecule has 8 heteroatoms. The summed E-state index contributed by atoms with van der Waals surface area (Å²) in [6.07, 6.45) is 5.16. The summed E-state index contributed by atoms with van der Waals surface area (Å²) in [6, 6.07) is 1.97. The highest BCUT2D eigenvalue weighted by molar-refractivity contribution is 5.79. The topological polar surface area (TPSA) is 41.4 Å². The summed E-state index contributed by atoms with van der Waals surface area (Å²) in [7, 11) is 4.02. The number of piperidine rings is 1. The van der Waals surface area contributed by atoms with E-state index in [9.17, 15) is 18.0 Å². The van der Waals surface area contributed by atoms with Gasteiger partial charge in [-0.1, -0.05) is 6.07 Å². The van der Waals surface area contributed by atoms with Gasteiger partial charge in [0.05, 0.1) is 6.42 Å². The summed E-state index contributed by atoms with van der Waals surface area (Å²) in [4.78, 5) is 20.9. The van der Waals surface area contributed by atoms with Gasteiger partial charge in [-0.25, -0.2) is 18.2 Å². The number of hydrogen-bond donors (Lipinski definition) is 0. The van der Waals surface area contributed by atoms with Crippen LogP contribution in [0.25, 0.3) is 0 Å². The minimum Gasteiger partial charge on any atom is -0.342 e. The minimum absolute atomic E-state index is 0.102. The summed E-state index contributed by atoms with van der Waals surface area (Å²) in [5, 5.41) is 0. The molecule has 1 aliphatic rings. The Bertz CT molecular complexity index is 837. The van der Waals surface area contributed by atoms with E-state index in [4.69, 9.17) is 0 Å². The van der Waals surface area contributed by atoms with Crippen molar-refractivity contribution in [2.75, 3.05) is 33.7 Å². The van der Waals surface area contributed by atoms with Gasteiger partial charge < -0.3 is 14.4 Å². The first-order valence-electron chi connectivity index (χ1n) is 9.42. The van der Waals surface area contributed by atoms with E-state index in [-0.39, 0.29) is 23.8 Å². The molecule has 0 N–H and O–H groups in total. The molecule has 1 amide bonds. The Morgan fingerprint density at radius 2 is 2.04 bits per heavy atom. The van der Waals surface area contributed by atoms with Gasteiger partial charge in [-0.05, 0) is 33.0 Å². The number of imidazole rings is 1. The minimum atomic E-state index is -1.54. The molecule has 5 nitrogen and oxygen atoms in total. The molecule has 2 aromatic rings. The van der Waals surface area contributed by atoms with Gasteiger partial charge in [0.1, 0.15) is 5.82 Å². The van der Waals surface area contributed by atoms with Gasteiger partial charge >= 0.3 is 0 Å². The molecule has 0 aliphatic carbocycles. The van der Waals surface area contributed by atoms with Crippen LogP contribution in [0.15, 0.2) is 24.5 Å². The zero-order chi connectivity index (χ0) is 20.3. The third-order valence-electron chi connectivity index (χ3n) is 5.13. The Morgan fingerprint density at radius 1 is 1.25 bits per heavy atom. The van der Waals surface area contributed by atoms with Crippen LogP contribution in [0.5, 0.6) is 0 Å². The Hall–Kier alpha value is -2.35. The molecule has 1 aliphatic heterocycles. The maximum absolute atomic E-state index is 13.9. The quantitative estimate of drug-likeness (QED) is 0.708. The summed E-state index contributed by atoms with van der Waals surface area (Å²) in [5.41, 5.74) is -0.126. The fourth-order valence-corrected chi connectivity index (χ4v) is 3.57. The summed E-state index contributed by atoms with van der Waals surface area (Å²) < 4.78 is 42.5. The molecule has 1 saturated heterocycles. The van der Waals surface area contributed by atoms with Gasteiger partial charge in [-0.3, -0.25) is 4.79 Å². The van der Waals surface area contributed by atoms with Crippen molar-refractivity contribution in [3.8, 4) is 0 Å². The number of carbonyl (C=O) groups excluding carboxylic acids is 1. The maximum atomic E-state index is 13.9. The highest BCUT2D eigenvalue weighted by atomic mass is 19.2. The van der Waals surface area contributed by atoms with E-state index < -0.39 is 17.5 Å². The molecule has 2 heterocycles. The van der Waals surface area contributed by atoms with Gasteiger partial charge in [-0.2, -0.15) is 0 Å². The van der Waals surface area contributed by atoms with E-state index in [1.54, 1.807) is 11.1 Å². The third-order valence-corrected chi connectivity index (χ3v) is 5.13. The molecule has 1 fully saturated rings. The molecule has 1 aromatic heterocycles. The van der Waals surface area contributed by atoms with Crippen LogP contribution in [0.3, 0.4) is 0 Å². The Labute approximate surface area is 162 Å². The first-order chi connectivity index (χ1) is 13.4. The number of amides is 1. The SMILES string of the molecule is CN(C)CCn1ccnc1C1CCCN(C(=O)Cc2ccc(F)c(F)c2F)C1. The van der Waals surface area contributed by atoms with Crippen LogP contribution in [-0.4, -0.2) is 59.0 Å². The lowest BCUT2D eigenvalue weighted by Gasteiger charge is -2.33. The summed E-state index contributed by atoms with van der Waals surface area (Å²) >= 11 is 0. The van der Waals surface area contributed by atoms with Crippen molar-refractivity contribution in [1.82, 2.24) is 19.4 Å². The van der Waals surface area contributed by atoms with Gasteiger partial charge in [0.2, 0.25) is 5.91 Å². The van der Waals surface area contributed by atoms with Crippen LogP contribution >= 0.6 is 0 Å². The molecular weight excluding hydrogens is 369 g/mol. The predicted molar refractivity (Wildman–Crippen MR) is 99.4 cm³/mol. The van der Waals surface area contributed by atoms with E-state index in [1.807, 2.05) is 20.3 Å². The number of likely N-dealkylation sites (N-methyl/N-ethyl adjacent to an activating group) is 1. The zero-order valence-electron chi connectivity index (χ0n) is 16.2. The number of benzene rings is 1. The Balaban J connectivity index is 1.68. The maximum Gasteiger partial charge on any atom is 0.227 e. The fraction of sp³-hybridized carbons (Fsp3) is 0.500. The molecule has 1 atom stereocenters. The molecule has 1 unspecified atom stereocenters. The lowest BCUT2D eigenvalue weighted by atomic mass is 9.96. The van der Waals surface area contributed by atoms with Crippen molar-refractivity contribution in [2.24, 2.45) is 0 Å². The van der Waals surface area contributed by atoms with E-state index in [1.165, 1.54) is 0 Å². The van der Waals surface area contributed by atoms with Gasteiger partial charge in [0.15, 0.2) is 17.5 Å². The molecule has 0 radical (unpaired) electrons. The average molecular weight is 394 g/mol. The zero-order valence-corrected chi connectivity index (χ0v) is 16.2. The highest BCUT2D eigenvalue weighted by Gasteiger charge is 2.28. The Morgan fingerprint density at radius 3 is 2.79 bits per heavy atom. The van der Waals surface area contributed by atoms with Crippen molar-refractivity contribution < 1.29 is 18.0 Å². The van der Waals surface area contributed by atoms with Crippen LogP contribution in [-0.2, 0) is 17.8 Å². The predicted octanol–water partition coefficient (Wildman–Crippen LogP) is 2.81. The lowest BCUT2D eigenvalue weighted by molar-refractivity contribution is -0.131. The second-order valence-corrected chi connectivity index (χ2v) is 7.47. The highest BCUT2D eigenvalue weighted by Crippen LogP contribution is 2.27. The first-order valence-corrected chi connectivity index (χ1v) is 9.42. The number of likely N-dealkylation sites (tertiary alicyclic amines) is 1. The molecule has 3 rings (SSSR count). The molecule has 1 aromatic carbocycles. The van der Waals surface area contributed by atoms with E-state index >= 15 is 0 Å². The number of carbonyl (C=O) groups is 1. The molecule has 0 saturated carbocycles. The third kappa shape index (κ3) is 4.55. The smallest absolute Gasteiger partial charge is 0.227 e. The van der Waals surface area contributed by atoms with Crippen molar-refractivity contribution in [3.05, 3.63) is 53.4 Å². The fourth-order valence-electron chi connectivity index (χ4n) is 3.57. The molecule has 28 heavy (non-hydrogen) atoms. The average Bonchev–Trinajstić information content (AvgIpc) is 3.15. The van der Waals surface area contributed by atoms with Crippen LogP contribution in [0.1, 0.15) is 30.1 Å². The lowest BCUT2D eigenvalue weighted by Crippen LogP contribution is -2.40. The number of hydrogen-bond acceptors (Lipinski definition) is 3. The molecule has 152 valence electrons. The van der Waals surface area contributed by atoms with E-state index in [0.717, 1.165) is 43.9 Å². The van der Waals surface area contributed by atoms with Crippen molar-refractivity contribution in [2.45, 2.75) is 31.7 Å². The van der Waals surface area contributed by atoms with Crippen LogP contribution in [0, 0.1) is 17.5 Å². The van der Waals surface area contributed by atoms with Crippen LogP contribution < -0.4 is 0 Å². The Kier molecular flexibility index (Phi) is 6.39. The second-order valence-electron chi connectivity index (χ2n) is 7.47. The van der Waals surface area contributed by atoms with E-state index in [2.05, 4.69) is 14.5 Å². The first kappa shape index (κ1) is 20.4. The van der Waals surface area contributed by atoms with Crippen LogP contribution in [0.4, 0.5) is 13.2 Å². The summed E-state index contributed by atoms with van der Waals surface area (Å²) in [5.74, 6) is -3.33. The number of halogens is 3. The van der Waals surface area contributed by atoms with Gasteiger partial charge in [0.25, 0.3) is 0 Å². The van der Waals surface area contributed by atoms with Crippen molar-refractivity contribution in [1.29, 1.82) is 0 Å². The van der Waals surface area contributed by atoms with Crippen molar-refractivity contribution >= 4 is 5.91 Å². The number of rotatable bonds is 6. The molecule has 0 spiro atoms. The normalized spacial score (nSPS) is 17.4. The van der Waals surface area contributed by atoms with Crippen LogP contribution in [0.2, 0.25) is 0 Å².